The Morgan fingerprint density at radius 2 is 1.67 bits per heavy atom. The maximum absolute atomic E-state index is 6.01. The number of rotatable bonds is 6. The van der Waals surface area contributed by atoms with E-state index in [0.717, 1.165) is 19.5 Å². The van der Waals surface area contributed by atoms with Gasteiger partial charge in [-0.2, -0.15) is 0 Å². The summed E-state index contributed by atoms with van der Waals surface area (Å²) in [6.07, 6.45) is 1.10. The van der Waals surface area contributed by atoms with Gasteiger partial charge >= 0.3 is 0 Å². The van der Waals surface area contributed by atoms with E-state index in [-0.39, 0.29) is 0 Å². The van der Waals surface area contributed by atoms with E-state index < -0.39 is 0 Å². The van der Waals surface area contributed by atoms with E-state index in [1.807, 2.05) is 0 Å². The van der Waals surface area contributed by atoms with E-state index in [1.54, 1.807) is 0 Å². The summed E-state index contributed by atoms with van der Waals surface area (Å²) in [5.74, 6) is 1.17. The molecule has 0 bridgehead atoms. The quantitative estimate of drug-likeness (QED) is 0.871. The fourth-order valence-corrected chi connectivity index (χ4v) is 2.99. The first kappa shape index (κ1) is 16.5. The van der Waals surface area contributed by atoms with Crippen molar-refractivity contribution in [2.24, 2.45) is 11.7 Å². The van der Waals surface area contributed by atoms with Crippen LogP contribution in [0.4, 0.5) is 0 Å². The highest BCUT2D eigenvalue weighted by Crippen LogP contribution is 2.17. The van der Waals surface area contributed by atoms with Gasteiger partial charge in [0.15, 0.2) is 0 Å². The smallest absolute Gasteiger partial charge is 0.0110 e. The van der Waals surface area contributed by atoms with Crippen molar-refractivity contribution >= 4 is 0 Å². The minimum atomic E-state index is 0.568. The molecule has 1 unspecified atom stereocenters. The minimum absolute atomic E-state index is 0.568. The lowest BCUT2D eigenvalue weighted by atomic mass is 9.95. The highest BCUT2D eigenvalue weighted by Gasteiger charge is 2.18. The number of nitrogens with zero attached hydrogens (tertiary/aromatic N) is 2. The van der Waals surface area contributed by atoms with Gasteiger partial charge < -0.3 is 15.5 Å². The summed E-state index contributed by atoms with van der Waals surface area (Å²) in [6.45, 7) is 11.1. The molecule has 1 aromatic rings. The Hall–Kier alpha value is -0.900. The van der Waals surface area contributed by atoms with E-state index in [1.165, 1.54) is 37.3 Å². The lowest BCUT2D eigenvalue weighted by Gasteiger charge is -2.34. The van der Waals surface area contributed by atoms with Crippen molar-refractivity contribution in [3.05, 3.63) is 35.4 Å². The molecule has 0 aliphatic carbocycles. The largest absolute Gasteiger partial charge is 0.330 e. The summed E-state index contributed by atoms with van der Waals surface area (Å²) in [5.41, 5.74) is 8.85. The highest BCUT2D eigenvalue weighted by molar-refractivity contribution is 5.25. The first-order valence-corrected chi connectivity index (χ1v) is 8.28. The maximum Gasteiger partial charge on any atom is 0.0110 e. The molecule has 0 saturated carbocycles. The monoisotopic (exact) mass is 289 g/mol. The molecule has 21 heavy (non-hydrogen) atoms. The van der Waals surface area contributed by atoms with Crippen molar-refractivity contribution < 1.29 is 0 Å². The molecule has 2 N–H and O–H groups in total. The zero-order valence-electron chi connectivity index (χ0n) is 13.9. The highest BCUT2D eigenvalue weighted by atomic mass is 15.2. The van der Waals surface area contributed by atoms with Gasteiger partial charge in [0.05, 0.1) is 0 Å². The molecule has 0 amide bonds. The zero-order chi connectivity index (χ0) is 15.2. The third kappa shape index (κ3) is 5.10. The van der Waals surface area contributed by atoms with E-state index in [4.69, 9.17) is 5.73 Å². The molecule has 1 aliphatic rings. The summed E-state index contributed by atoms with van der Waals surface area (Å²) >= 11 is 0. The summed E-state index contributed by atoms with van der Waals surface area (Å²) in [4.78, 5) is 4.97. The fourth-order valence-electron chi connectivity index (χ4n) is 2.99. The molecule has 1 aliphatic heterocycles. The van der Waals surface area contributed by atoms with Crippen molar-refractivity contribution in [3.63, 3.8) is 0 Å². The first-order valence-electron chi connectivity index (χ1n) is 8.28. The second-order valence-corrected chi connectivity index (χ2v) is 6.81. The van der Waals surface area contributed by atoms with Gasteiger partial charge in [0.25, 0.3) is 0 Å². The molecule has 1 fully saturated rings. The summed E-state index contributed by atoms with van der Waals surface area (Å²) < 4.78 is 0. The second kappa shape index (κ2) is 7.92. The number of likely N-dealkylation sites (N-methyl/N-ethyl adjacent to an activating group) is 1. The van der Waals surface area contributed by atoms with Gasteiger partial charge in [0.2, 0.25) is 0 Å². The fraction of sp³-hybridized carbons (Fsp3) is 0.667. The number of hydrogen-bond acceptors (Lipinski definition) is 3. The Morgan fingerprint density at radius 3 is 2.19 bits per heavy atom. The molecule has 1 aromatic carbocycles. The van der Waals surface area contributed by atoms with Crippen LogP contribution in [0.15, 0.2) is 24.3 Å². The normalized spacial score (nSPS) is 19.1. The van der Waals surface area contributed by atoms with Crippen molar-refractivity contribution in [1.29, 1.82) is 0 Å². The average Bonchev–Trinajstić information content (AvgIpc) is 2.49. The van der Waals surface area contributed by atoms with E-state index in [2.05, 4.69) is 55.0 Å². The predicted molar refractivity (Wildman–Crippen MR) is 90.7 cm³/mol. The Labute approximate surface area is 130 Å². The van der Waals surface area contributed by atoms with Crippen LogP contribution in [0.2, 0.25) is 0 Å². The standard InChI is InChI=1S/C18H31N3/c1-15(2)18-6-4-16(5-7-18)12-17(13-19)14-21-10-8-20(3)9-11-21/h4-7,15,17H,8-14,19H2,1-3H3. The van der Waals surface area contributed by atoms with Crippen LogP contribution in [-0.4, -0.2) is 56.1 Å². The zero-order valence-corrected chi connectivity index (χ0v) is 13.9. The SMILES string of the molecule is CC(C)c1ccc(CC(CN)CN2CCN(C)CC2)cc1. The van der Waals surface area contributed by atoms with Crippen LogP contribution in [0.1, 0.15) is 30.9 Å². The Morgan fingerprint density at radius 1 is 1.05 bits per heavy atom. The van der Waals surface area contributed by atoms with Crippen LogP contribution >= 0.6 is 0 Å². The van der Waals surface area contributed by atoms with Crippen molar-refractivity contribution in [2.45, 2.75) is 26.2 Å². The molecular formula is C18H31N3. The van der Waals surface area contributed by atoms with E-state index in [9.17, 15) is 0 Å². The Balaban J connectivity index is 1.86. The lowest BCUT2D eigenvalue weighted by Crippen LogP contribution is -2.47. The van der Waals surface area contributed by atoms with Crippen LogP contribution in [0, 0.1) is 5.92 Å². The van der Waals surface area contributed by atoms with Crippen molar-refractivity contribution in [1.82, 2.24) is 9.80 Å². The van der Waals surface area contributed by atoms with Crippen LogP contribution in [0.5, 0.6) is 0 Å². The number of hydrogen-bond donors (Lipinski definition) is 1. The summed E-state index contributed by atoms with van der Waals surface area (Å²) in [7, 11) is 2.20. The molecule has 1 heterocycles. The number of nitrogens with two attached hydrogens (primary N) is 1. The third-order valence-corrected chi connectivity index (χ3v) is 4.62. The molecule has 2 rings (SSSR count). The van der Waals surface area contributed by atoms with Gasteiger partial charge in [0, 0.05) is 32.7 Å². The van der Waals surface area contributed by atoms with Crippen molar-refractivity contribution in [3.8, 4) is 0 Å². The van der Waals surface area contributed by atoms with Crippen LogP contribution in [-0.2, 0) is 6.42 Å². The topological polar surface area (TPSA) is 32.5 Å². The average molecular weight is 289 g/mol. The van der Waals surface area contributed by atoms with Gasteiger partial charge in [-0.1, -0.05) is 38.1 Å². The number of benzene rings is 1. The molecule has 1 saturated heterocycles. The predicted octanol–water partition coefficient (Wildman–Crippen LogP) is 2.17. The molecule has 3 heteroatoms. The molecular weight excluding hydrogens is 258 g/mol. The number of piperazine rings is 1. The Kier molecular flexibility index (Phi) is 6.22. The van der Waals surface area contributed by atoms with Gasteiger partial charge in [-0.25, -0.2) is 0 Å². The molecule has 118 valence electrons. The maximum atomic E-state index is 6.01. The van der Waals surface area contributed by atoms with E-state index >= 15 is 0 Å². The molecule has 0 aromatic heterocycles. The third-order valence-electron chi connectivity index (χ3n) is 4.62. The first-order chi connectivity index (χ1) is 10.1. The summed E-state index contributed by atoms with van der Waals surface area (Å²) in [6, 6.07) is 9.09. The van der Waals surface area contributed by atoms with Gasteiger partial charge in [-0.15, -0.1) is 0 Å². The second-order valence-electron chi connectivity index (χ2n) is 6.81. The minimum Gasteiger partial charge on any atom is -0.330 e. The lowest BCUT2D eigenvalue weighted by molar-refractivity contribution is 0.137. The molecule has 0 spiro atoms. The molecule has 0 radical (unpaired) electrons. The van der Waals surface area contributed by atoms with Gasteiger partial charge in [-0.3, -0.25) is 0 Å². The van der Waals surface area contributed by atoms with Crippen molar-refractivity contribution in [2.75, 3.05) is 46.3 Å². The van der Waals surface area contributed by atoms with Gasteiger partial charge in [0.1, 0.15) is 0 Å². The van der Waals surface area contributed by atoms with Crippen LogP contribution in [0.25, 0.3) is 0 Å². The van der Waals surface area contributed by atoms with Gasteiger partial charge in [-0.05, 0) is 43.0 Å². The van der Waals surface area contributed by atoms with Crippen LogP contribution < -0.4 is 5.73 Å². The summed E-state index contributed by atoms with van der Waals surface area (Å²) in [5, 5.41) is 0. The molecule has 1 atom stereocenters. The van der Waals surface area contributed by atoms with Crippen LogP contribution in [0.3, 0.4) is 0 Å². The molecule has 3 nitrogen and oxygen atoms in total. The Bertz CT molecular complexity index is 405. The van der Waals surface area contributed by atoms with E-state index in [0.29, 0.717) is 11.8 Å².